The van der Waals surface area contributed by atoms with Gasteiger partial charge in [-0.3, -0.25) is 0 Å². The first-order valence-electron chi connectivity index (χ1n) is 10.3. The van der Waals surface area contributed by atoms with Gasteiger partial charge in [-0.2, -0.15) is 0 Å². The molecule has 0 saturated heterocycles. The molecule has 0 unspecified atom stereocenters. The van der Waals surface area contributed by atoms with E-state index in [1.165, 1.54) is 5.56 Å². The molecule has 32 heavy (non-hydrogen) atoms. The summed E-state index contributed by atoms with van der Waals surface area (Å²) in [7, 11) is 0. The minimum absolute atomic E-state index is 0.281. The molecule has 1 aromatic heterocycles. The molecule has 1 atom stereocenters. The number of benzene rings is 3. The summed E-state index contributed by atoms with van der Waals surface area (Å²) in [5.41, 5.74) is 5.34. The van der Waals surface area contributed by atoms with Gasteiger partial charge in [-0.05, 0) is 59.9 Å². The van der Waals surface area contributed by atoms with Gasteiger partial charge in [0.25, 0.3) is 0 Å². The van der Waals surface area contributed by atoms with Crippen molar-refractivity contribution in [3.05, 3.63) is 112 Å². The summed E-state index contributed by atoms with van der Waals surface area (Å²) in [6.45, 7) is 0. The number of aryl methyl sites for hydroxylation is 1. The van der Waals surface area contributed by atoms with Gasteiger partial charge in [0.05, 0.1) is 16.8 Å². The number of carbonyl (C=O) groups is 1. The van der Waals surface area contributed by atoms with E-state index in [0.717, 1.165) is 40.6 Å². The Balaban J connectivity index is 1.47. The number of hydrogen-bond donors (Lipinski definition) is 1. The van der Waals surface area contributed by atoms with Crippen LogP contribution >= 0.6 is 34.2 Å². The van der Waals surface area contributed by atoms with Crippen molar-refractivity contribution in [2.24, 2.45) is 0 Å². The third-order valence-electron chi connectivity index (χ3n) is 5.31. The molecule has 1 heterocycles. The molecular weight excluding hydrogens is 533 g/mol. The van der Waals surface area contributed by atoms with Crippen LogP contribution in [0, 0.1) is 0 Å². The van der Waals surface area contributed by atoms with Crippen molar-refractivity contribution in [1.29, 1.82) is 0 Å². The lowest BCUT2D eigenvalue weighted by atomic mass is 9.99. The number of pyridine rings is 1. The van der Waals surface area contributed by atoms with Crippen molar-refractivity contribution in [1.82, 2.24) is 4.98 Å². The molecule has 0 amide bonds. The largest absolute Gasteiger partial charge is 0.478 e. The van der Waals surface area contributed by atoms with Gasteiger partial charge in [0.2, 0.25) is 0 Å². The second-order valence-corrected chi connectivity index (χ2v) is 9.49. The van der Waals surface area contributed by atoms with E-state index in [-0.39, 0.29) is 3.92 Å². The number of carboxylic acid groups (broad SMARTS) is 1. The standard InChI is InChI=1S/C27H21ClINO2/c28-22-12-9-20-10-14-23(30-26(20)17-22)13-8-18-4-3-6-21(16-18)25(29)15-11-19-5-1-2-7-24(19)27(31)32/h1-10,12-14,16-17,25H,11,15H2,(H,31,32)/b13-8+/t25-/m0/s1. The van der Waals surface area contributed by atoms with Crippen molar-refractivity contribution >= 4 is 63.2 Å². The highest BCUT2D eigenvalue weighted by Gasteiger charge is 2.12. The lowest BCUT2D eigenvalue weighted by Crippen LogP contribution is -2.03. The van der Waals surface area contributed by atoms with Crippen LogP contribution in [-0.2, 0) is 6.42 Å². The number of aromatic carboxylic acids is 1. The molecule has 0 fully saturated rings. The predicted molar refractivity (Wildman–Crippen MR) is 141 cm³/mol. The van der Waals surface area contributed by atoms with Gasteiger partial charge in [-0.15, -0.1) is 0 Å². The number of halogens is 2. The third kappa shape index (κ3) is 5.56. The quantitative estimate of drug-likeness (QED) is 0.187. The van der Waals surface area contributed by atoms with Gasteiger partial charge in [0, 0.05) is 14.3 Å². The van der Waals surface area contributed by atoms with Crippen molar-refractivity contribution in [2.45, 2.75) is 16.8 Å². The van der Waals surface area contributed by atoms with Crippen LogP contribution in [0.1, 0.15) is 43.1 Å². The zero-order valence-electron chi connectivity index (χ0n) is 17.2. The molecule has 4 aromatic rings. The maximum atomic E-state index is 11.4. The Morgan fingerprint density at radius 3 is 2.66 bits per heavy atom. The highest BCUT2D eigenvalue weighted by atomic mass is 127. The number of rotatable bonds is 7. The van der Waals surface area contributed by atoms with Crippen molar-refractivity contribution in [2.75, 3.05) is 0 Å². The van der Waals surface area contributed by atoms with E-state index in [1.54, 1.807) is 12.1 Å². The number of alkyl halides is 1. The van der Waals surface area contributed by atoms with E-state index < -0.39 is 5.97 Å². The molecule has 1 N–H and O–H groups in total. The third-order valence-corrected chi connectivity index (χ3v) is 6.89. The molecule has 5 heteroatoms. The number of nitrogens with zero attached hydrogens (tertiary/aromatic N) is 1. The lowest BCUT2D eigenvalue weighted by molar-refractivity contribution is 0.0695. The van der Waals surface area contributed by atoms with Crippen LogP contribution in [0.5, 0.6) is 0 Å². The van der Waals surface area contributed by atoms with E-state index in [2.05, 4.69) is 57.9 Å². The van der Waals surface area contributed by atoms with Gasteiger partial charge in [0.15, 0.2) is 0 Å². The van der Waals surface area contributed by atoms with Gasteiger partial charge in [-0.25, -0.2) is 9.78 Å². The first-order valence-corrected chi connectivity index (χ1v) is 11.9. The summed E-state index contributed by atoms with van der Waals surface area (Å²) in [6.07, 6.45) is 5.65. The van der Waals surface area contributed by atoms with Gasteiger partial charge < -0.3 is 5.11 Å². The van der Waals surface area contributed by atoms with Crippen LogP contribution in [0.15, 0.2) is 78.9 Å². The summed E-state index contributed by atoms with van der Waals surface area (Å²) in [6, 6.07) is 25.4. The number of hydrogen-bond acceptors (Lipinski definition) is 2. The molecular formula is C27H21ClINO2. The first kappa shape index (κ1) is 22.5. The van der Waals surface area contributed by atoms with E-state index in [0.29, 0.717) is 10.6 Å². The molecule has 0 bridgehead atoms. The topological polar surface area (TPSA) is 50.2 Å². The molecule has 160 valence electrons. The Labute approximate surface area is 205 Å². The highest BCUT2D eigenvalue weighted by molar-refractivity contribution is 14.1. The highest BCUT2D eigenvalue weighted by Crippen LogP contribution is 2.30. The fourth-order valence-electron chi connectivity index (χ4n) is 3.63. The molecule has 0 aliphatic heterocycles. The zero-order chi connectivity index (χ0) is 22.5. The molecule has 0 aliphatic carbocycles. The maximum absolute atomic E-state index is 11.4. The second kappa shape index (κ2) is 10.3. The Morgan fingerprint density at radius 2 is 1.81 bits per heavy atom. The Hall–Kier alpha value is -2.70. The maximum Gasteiger partial charge on any atom is 0.335 e. The first-order chi connectivity index (χ1) is 15.5. The van der Waals surface area contributed by atoms with Gasteiger partial charge in [0.1, 0.15) is 0 Å². The Bertz CT molecular complexity index is 1300. The molecule has 0 aliphatic rings. The summed E-state index contributed by atoms with van der Waals surface area (Å²) >= 11 is 8.53. The van der Waals surface area contributed by atoms with Gasteiger partial charge in [-0.1, -0.05) is 94.9 Å². The molecule has 3 aromatic carbocycles. The zero-order valence-corrected chi connectivity index (χ0v) is 20.1. The van der Waals surface area contributed by atoms with Gasteiger partial charge >= 0.3 is 5.97 Å². The average molecular weight is 554 g/mol. The van der Waals surface area contributed by atoms with Crippen LogP contribution in [0.25, 0.3) is 23.1 Å². The summed E-state index contributed by atoms with van der Waals surface area (Å²) < 4.78 is 0.281. The predicted octanol–water partition coefficient (Wildman–Crippen LogP) is 7.87. The van der Waals surface area contributed by atoms with E-state index in [9.17, 15) is 9.90 Å². The van der Waals surface area contributed by atoms with Crippen molar-refractivity contribution in [3.8, 4) is 0 Å². The normalized spacial score (nSPS) is 12.3. The number of carboxylic acids is 1. The second-order valence-electron chi connectivity index (χ2n) is 7.55. The molecule has 0 radical (unpaired) electrons. The molecule has 0 spiro atoms. The summed E-state index contributed by atoms with van der Waals surface area (Å²) in [5.74, 6) is -0.873. The minimum atomic E-state index is -0.873. The number of aromatic nitrogens is 1. The van der Waals surface area contributed by atoms with Crippen molar-refractivity contribution in [3.63, 3.8) is 0 Å². The van der Waals surface area contributed by atoms with Crippen LogP contribution < -0.4 is 0 Å². The van der Waals surface area contributed by atoms with E-state index in [1.807, 2.05) is 48.5 Å². The molecule has 4 rings (SSSR count). The SMILES string of the molecule is O=C(O)c1ccccc1CC[C@H](I)c1cccc(/C=C/c2ccc3ccc(Cl)cc3n2)c1. The monoisotopic (exact) mass is 553 g/mol. The van der Waals surface area contributed by atoms with Crippen LogP contribution in [0.3, 0.4) is 0 Å². The molecule has 0 saturated carbocycles. The Morgan fingerprint density at radius 1 is 1.00 bits per heavy atom. The fraction of sp³-hybridized carbons (Fsp3) is 0.111. The smallest absolute Gasteiger partial charge is 0.335 e. The minimum Gasteiger partial charge on any atom is -0.478 e. The fourth-order valence-corrected chi connectivity index (χ4v) is 4.50. The van der Waals surface area contributed by atoms with Crippen LogP contribution in [0.2, 0.25) is 5.02 Å². The summed E-state index contributed by atoms with van der Waals surface area (Å²) in [5, 5.41) is 11.1. The average Bonchev–Trinajstić information content (AvgIpc) is 2.81. The summed E-state index contributed by atoms with van der Waals surface area (Å²) in [4.78, 5) is 16.1. The number of fused-ring (bicyclic) bond motifs is 1. The van der Waals surface area contributed by atoms with Crippen LogP contribution in [-0.4, -0.2) is 16.1 Å². The molecule has 3 nitrogen and oxygen atoms in total. The van der Waals surface area contributed by atoms with Crippen LogP contribution in [0.4, 0.5) is 0 Å². The van der Waals surface area contributed by atoms with E-state index in [4.69, 9.17) is 11.6 Å². The Kier molecular flexibility index (Phi) is 7.22. The van der Waals surface area contributed by atoms with E-state index >= 15 is 0 Å². The van der Waals surface area contributed by atoms with Crippen molar-refractivity contribution < 1.29 is 9.90 Å². The lowest BCUT2D eigenvalue weighted by Gasteiger charge is -2.12.